The predicted molar refractivity (Wildman–Crippen MR) is 52.1 cm³/mol. The van der Waals surface area contributed by atoms with Crippen LogP contribution in [0.4, 0.5) is 10.1 Å². The van der Waals surface area contributed by atoms with Gasteiger partial charge in [0.2, 0.25) is 0 Å². The summed E-state index contributed by atoms with van der Waals surface area (Å²) in [7, 11) is 4.83. The number of hydrogen-bond acceptors (Lipinski definition) is 3. The molecule has 76 valence electrons. The number of carbonyl (C=O) groups is 1. The van der Waals surface area contributed by atoms with Crippen molar-refractivity contribution < 1.29 is 13.9 Å². The molecule has 0 atom stereocenters. The van der Waals surface area contributed by atoms with E-state index in [-0.39, 0.29) is 5.56 Å². The maximum absolute atomic E-state index is 12.9. The van der Waals surface area contributed by atoms with E-state index >= 15 is 0 Å². The fourth-order valence-electron chi connectivity index (χ4n) is 1.17. The highest BCUT2D eigenvalue weighted by Gasteiger charge is 2.13. The van der Waals surface area contributed by atoms with Crippen molar-refractivity contribution in [3.63, 3.8) is 0 Å². The number of halogens is 1. The van der Waals surface area contributed by atoms with Gasteiger partial charge < -0.3 is 9.64 Å². The van der Waals surface area contributed by atoms with E-state index in [1.807, 2.05) is 0 Å². The van der Waals surface area contributed by atoms with Crippen molar-refractivity contribution in [1.82, 2.24) is 0 Å². The third-order valence-electron chi connectivity index (χ3n) is 1.85. The number of benzene rings is 1. The van der Waals surface area contributed by atoms with Crippen LogP contribution in [0.25, 0.3) is 0 Å². The Balaban J connectivity index is 3.22. The quantitative estimate of drug-likeness (QED) is 0.675. The Labute approximate surface area is 82.1 Å². The number of anilines is 1. The van der Waals surface area contributed by atoms with Gasteiger partial charge in [-0.15, -0.1) is 0 Å². The molecule has 0 bridgehead atoms. The molecular formula is C10H12FNO2. The minimum Gasteiger partial charge on any atom is -0.465 e. The zero-order valence-corrected chi connectivity index (χ0v) is 8.37. The summed E-state index contributed by atoms with van der Waals surface area (Å²) in [5.41, 5.74) is 0.871. The fraction of sp³-hybridized carbons (Fsp3) is 0.300. The molecule has 0 aliphatic heterocycles. The molecule has 0 N–H and O–H groups in total. The lowest BCUT2D eigenvalue weighted by molar-refractivity contribution is 0.0601. The number of esters is 1. The van der Waals surface area contributed by atoms with Crippen LogP contribution in [0.1, 0.15) is 10.4 Å². The van der Waals surface area contributed by atoms with Gasteiger partial charge >= 0.3 is 5.97 Å². The zero-order chi connectivity index (χ0) is 10.7. The van der Waals surface area contributed by atoms with Gasteiger partial charge in [0, 0.05) is 14.1 Å². The van der Waals surface area contributed by atoms with E-state index in [4.69, 9.17) is 0 Å². The van der Waals surface area contributed by atoms with Crippen molar-refractivity contribution in [2.45, 2.75) is 0 Å². The van der Waals surface area contributed by atoms with Gasteiger partial charge in [-0.1, -0.05) is 0 Å². The highest BCUT2D eigenvalue weighted by Crippen LogP contribution is 2.20. The van der Waals surface area contributed by atoms with Crippen LogP contribution in [-0.2, 0) is 4.74 Å². The molecule has 0 unspecified atom stereocenters. The van der Waals surface area contributed by atoms with Gasteiger partial charge in [-0.05, 0) is 18.2 Å². The lowest BCUT2D eigenvalue weighted by Gasteiger charge is -2.15. The van der Waals surface area contributed by atoms with Gasteiger partial charge in [0.15, 0.2) is 0 Å². The number of carbonyl (C=O) groups excluding carboxylic acids is 1. The molecule has 3 nitrogen and oxygen atoms in total. The first kappa shape index (κ1) is 10.5. The molecule has 0 saturated carbocycles. The molecule has 0 fully saturated rings. The Morgan fingerprint density at radius 2 is 2.07 bits per heavy atom. The molecule has 0 radical (unpaired) electrons. The summed E-state index contributed by atoms with van der Waals surface area (Å²) < 4.78 is 17.4. The van der Waals surface area contributed by atoms with Crippen molar-refractivity contribution in [3.8, 4) is 0 Å². The Hall–Kier alpha value is -1.58. The van der Waals surface area contributed by atoms with E-state index < -0.39 is 11.8 Å². The third kappa shape index (κ3) is 2.02. The monoisotopic (exact) mass is 197 g/mol. The van der Waals surface area contributed by atoms with Crippen LogP contribution in [0, 0.1) is 5.82 Å². The van der Waals surface area contributed by atoms with Gasteiger partial charge in [0.1, 0.15) is 5.82 Å². The van der Waals surface area contributed by atoms with Crippen LogP contribution >= 0.6 is 0 Å². The molecule has 0 aliphatic rings. The first-order valence-electron chi connectivity index (χ1n) is 4.11. The predicted octanol–water partition coefficient (Wildman–Crippen LogP) is 1.68. The zero-order valence-electron chi connectivity index (χ0n) is 8.37. The van der Waals surface area contributed by atoms with Gasteiger partial charge in [-0.3, -0.25) is 0 Å². The Morgan fingerprint density at radius 1 is 1.43 bits per heavy atom. The minimum atomic E-state index is -0.534. The molecule has 1 rings (SSSR count). The van der Waals surface area contributed by atoms with Crippen LogP contribution in [0.3, 0.4) is 0 Å². The summed E-state index contributed by atoms with van der Waals surface area (Å²) in [4.78, 5) is 13.0. The number of rotatable bonds is 2. The first-order chi connectivity index (χ1) is 6.56. The maximum Gasteiger partial charge on any atom is 0.340 e. The summed E-state index contributed by atoms with van der Waals surface area (Å²) >= 11 is 0. The summed E-state index contributed by atoms with van der Waals surface area (Å²) in [5.74, 6) is -0.982. The number of hydrogen-bond donors (Lipinski definition) is 0. The smallest absolute Gasteiger partial charge is 0.340 e. The number of ether oxygens (including phenoxy) is 1. The molecule has 0 aromatic heterocycles. The Bertz CT molecular complexity index is 350. The number of nitrogens with zero attached hydrogens (tertiary/aromatic N) is 1. The summed E-state index contributed by atoms with van der Waals surface area (Å²) in [6, 6.07) is 4.02. The average Bonchev–Trinajstić information content (AvgIpc) is 2.16. The SMILES string of the molecule is COC(=O)c1cc(F)ccc1N(C)C. The molecule has 14 heavy (non-hydrogen) atoms. The van der Waals surface area contributed by atoms with Crippen LogP contribution in [-0.4, -0.2) is 27.2 Å². The second-order valence-corrected chi connectivity index (χ2v) is 3.05. The van der Waals surface area contributed by atoms with Crippen molar-refractivity contribution in [1.29, 1.82) is 0 Å². The van der Waals surface area contributed by atoms with Crippen molar-refractivity contribution in [2.75, 3.05) is 26.1 Å². The first-order valence-corrected chi connectivity index (χ1v) is 4.11. The third-order valence-corrected chi connectivity index (χ3v) is 1.85. The highest BCUT2D eigenvalue weighted by atomic mass is 19.1. The minimum absolute atomic E-state index is 0.234. The van der Waals surface area contributed by atoms with Gasteiger partial charge in [0.05, 0.1) is 18.4 Å². The van der Waals surface area contributed by atoms with Gasteiger partial charge in [-0.2, -0.15) is 0 Å². The fourth-order valence-corrected chi connectivity index (χ4v) is 1.17. The van der Waals surface area contributed by atoms with Crippen LogP contribution in [0.15, 0.2) is 18.2 Å². The van der Waals surface area contributed by atoms with Crippen molar-refractivity contribution >= 4 is 11.7 Å². The van der Waals surface area contributed by atoms with E-state index in [0.717, 1.165) is 0 Å². The van der Waals surface area contributed by atoms with E-state index in [9.17, 15) is 9.18 Å². The second kappa shape index (κ2) is 4.09. The Morgan fingerprint density at radius 3 is 2.57 bits per heavy atom. The van der Waals surface area contributed by atoms with Crippen LogP contribution in [0.2, 0.25) is 0 Å². The number of methoxy groups -OCH3 is 1. The molecule has 0 spiro atoms. The standard InChI is InChI=1S/C10H12FNO2/c1-12(2)9-5-4-7(11)6-8(9)10(13)14-3/h4-6H,1-3H3. The maximum atomic E-state index is 12.9. The molecule has 1 aromatic carbocycles. The molecule has 0 heterocycles. The van der Waals surface area contributed by atoms with Gasteiger partial charge in [-0.25, -0.2) is 9.18 Å². The van der Waals surface area contributed by atoms with E-state index in [2.05, 4.69) is 4.74 Å². The molecule has 0 saturated heterocycles. The van der Waals surface area contributed by atoms with E-state index in [1.54, 1.807) is 25.1 Å². The van der Waals surface area contributed by atoms with Crippen LogP contribution < -0.4 is 4.90 Å². The molecule has 0 aliphatic carbocycles. The summed E-state index contributed by atoms with van der Waals surface area (Å²) in [6.45, 7) is 0. The summed E-state index contributed by atoms with van der Waals surface area (Å²) in [5, 5.41) is 0. The molecule has 0 amide bonds. The Kier molecular flexibility index (Phi) is 3.06. The lowest BCUT2D eigenvalue weighted by Crippen LogP contribution is -2.14. The second-order valence-electron chi connectivity index (χ2n) is 3.05. The summed E-state index contributed by atoms with van der Waals surface area (Å²) in [6.07, 6.45) is 0. The topological polar surface area (TPSA) is 29.5 Å². The molecular weight excluding hydrogens is 185 g/mol. The highest BCUT2D eigenvalue weighted by molar-refractivity contribution is 5.95. The normalized spacial score (nSPS) is 9.71. The van der Waals surface area contributed by atoms with Gasteiger partial charge in [0.25, 0.3) is 0 Å². The lowest BCUT2D eigenvalue weighted by atomic mass is 10.1. The van der Waals surface area contributed by atoms with E-state index in [0.29, 0.717) is 5.69 Å². The van der Waals surface area contributed by atoms with E-state index in [1.165, 1.54) is 19.2 Å². The molecule has 1 aromatic rings. The van der Waals surface area contributed by atoms with Crippen molar-refractivity contribution in [2.24, 2.45) is 0 Å². The average molecular weight is 197 g/mol. The largest absolute Gasteiger partial charge is 0.465 e. The van der Waals surface area contributed by atoms with Crippen molar-refractivity contribution in [3.05, 3.63) is 29.6 Å². The molecule has 4 heteroatoms. The van der Waals surface area contributed by atoms with Crippen LogP contribution in [0.5, 0.6) is 0 Å².